The van der Waals surface area contributed by atoms with Gasteiger partial charge in [-0.1, -0.05) is 30.3 Å². The van der Waals surface area contributed by atoms with Gasteiger partial charge in [-0.3, -0.25) is 4.79 Å². The van der Waals surface area contributed by atoms with Crippen molar-refractivity contribution < 1.29 is 42.7 Å². The van der Waals surface area contributed by atoms with Gasteiger partial charge in [0.1, 0.15) is 23.7 Å². The van der Waals surface area contributed by atoms with Crippen LogP contribution in [-0.2, 0) is 9.53 Å². The van der Waals surface area contributed by atoms with Crippen LogP contribution >= 0.6 is 11.8 Å². The summed E-state index contributed by atoms with van der Waals surface area (Å²) in [6.07, 6.45) is 1.82. The molecule has 174 valence electrons. The monoisotopic (exact) mass is 474 g/mol. The molecule has 2 atom stereocenters. The van der Waals surface area contributed by atoms with Gasteiger partial charge in [0.15, 0.2) is 0 Å². The van der Waals surface area contributed by atoms with Gasteiger partial charge in [0.2, 0.25) is 0 Å². The molecule has 2 N–H and O–H groups in total. The molecule has 0 aliphatic carbocycles. The van der Waals surface area contributed by atoms with Gasteiger partial charge < -0.3 is 19.6 Å². The van der Waals surface area contributed by atoms with Gasteiger partial charge in [0.05, 0.1) is 0 Å². The number of carbonyl (C=O) groups excluding carboxylic acids is 1. The van der Waals surface area contributed by atoms with Crippen LogP contribution in [0.1, 0.15) is 45.5 Å². The molecule has 0 bridgehead atoms. The largest absolute Gasteiger partial charge is 1.00 e. The van der Waals surface area contributed by atoms with Crippen LogP contribution in [0.25, 0.3) is 11.1 Å². The number of thioether (sulfide) groups is 1. The van der Waals surface area contributed by atoms with E-state index in [1.165, 1.54) is 0 Å². The minimum atomic E-state index is -1.04. The van der Waals surface area contributed by atoms with Gasteiger partial charge in [-0.25, -0.2) is 4.79 Å². The second kappa shape index (κ2) is 12.9. The predicted molar refractivity (Wildman–Crippen MR) is 131 cm³/mol. The number of hydrogen-bond acceptors (Lipinski definition) is 5. The number of methoxy groups -OCH3 is 1. The Labute approximate surface area is 216 Å². The van der Waals surface area contributed by atoms with Crippen molar-refractivity contribution in [3.63, 3.8) is 0 Å². The first-order chi connectivity index (χ1) is 15.8. The Morgan fingerprint density at radius 3 is 2.41 bits per heavy atom. The molecule has 0 saturated heterocycles. The van der Waals surface area contributed by atoms with Gasteiger partial charge in [-0.15, -0.1) is 0 Å². The van der Waals surface area contributed by atoms with Gasteiger partial charge in [-0.2, -0.15) is 11.8 Å². The van der Waals surface area contributed by atoms with Crippen LogP contribution < -0.4 is 24.2 Å². The van der Waals surface area contributed by atoms with E-state index in [9.17, 15) is 14.7 Å². The van der Waals surface area contributed by atoms with Crippen molar-refractivity contribution in [2.24, 2.45) is 0 Å². The third kappa shape index (κ3) is 6.58. The third-order valence-corrected chi connectivity index (χ3v) is 6.14. The molecular formula is C26H29LiNO5S+. The molecule has 2 aromatic carbocycles. The average molecular weight is 475 g/mol. The molecule has 34 heavy (non-hydrogen) atoms. The quantitative estimate of drug-likeness (QED) is 0.438. The Morgan fingerprint density at radius 2 is 1.82 bits per heavy atom. The summed E-state index contributed by atoms with van der Waals surface area (Å²) in [5, 5.41) is 12.2. The number of aliphatic carboxylic acids is 1. The van der Waals surface area contributed by atoms with Crippen LogP contribution in [-0.4, -0.2) is 42.1 Å². The average Bonchev–Trinajstić information content (AvgIpc) is 3.22. The summed E-state index contributed by atoms with van der Waals surface area (Å²) in [5.74, 6) is 0.632. The summed E-state index contributed by atoms with van der Waals surface area (Å²) < 4.78 is 11.5. The summed E-state index contributed by atoms with van der Waals surface area (Å²) in [4.78, 5) is 24.9. The summed E-state index contributed by atoms with van der Waals surface area (Å²) in [6, 6.07) is 16.1. The molecule has 8 heteroatoms. The number of nitrogens with one attached hydrogen (secondary N) is 1. The molecule has 2 unspecified atom stereocenters. The van der Waals surface area contributed by atoms with Crippen molar-refractivity contribution in [2.75, 3.05) is 19.1 Å². The molecule has 0 saturated carbocycles. The maximum Gasteiger partial charge on any atom is 1.00 e. The second-order valence-electron chi connectivity index (χ2n) is 7.83. The fraction of sp³-hybridized carbons (Fsp3) is 0.308. The van der Waals surface area contributed by atoms with Crippen LogP contribution in [0.2, 0.25) is 0 Å². The number of rotatable bonds is 10. The van der Waals surface area contributed by atoms with Gasteiger partial charge in [0, 0.05) is 12.7 Å². The van der Waals surface area contributed by atoms with Crippen molar-refractivity contribution in [2.45, 2.75) is 32.4 Å². The van der Waals surface area contributed by atoms with E-state index in [-0.39, 0.29) is 18.9 Å². The molecule has 0 radical (unpaired) electrons. The van der Waals surface area contributed by atoms with Crippen molar-refractivity contribution in [3.8, 4) is 11.1 Å². The SMILES string of the molecule is COC(c1ccc(C(=O)NC(CCSC)C(=O)O)c(-c2ccccc2C)c1)c1ccc(C)o1.[Li+]. The molecule has 0 spiro atoms. The molecule has 6 nitrogen and oxygen atoms in total. The van der Waals surface area contributed by atoms with E-state index in [1.54, 1.807) is 24.9 Å². The summed E-state index contributed by atoms with van der Waals surface area (Å²) in [5.41, 5.74) is 3.85. The predicted octanol–water partition coefficient (Wildman–Crippen LogP) is 2.24. The number of benzene rings is 2. The van der Waals surface area contributed by atoms with E-state index < -0.39 is 24.0 Å². The van der Waals surface area contributed by atoms with Crippen molar-refractivity contribution >= 4 is 23.6 Å². The van der Waals surface area contributed by atoms with E-state index in [4.69, 9.17) is 9.15 Å². The molecule has 1 heterocycles. The molecule has 3 rings (SSSR count). The Hall–Kier alpha value is -2.43. The maximum atomic E-state index is 13.2. The topological polar surface area (TPSA) is 88.8 Å². The third-order valence-electron chi connectivity index (χ3n) is 5.50. The van der Waals surface area contributed by atoms with Crippen molar-refractivity contribution in [1.29, 1.82) is 0 Å². The minimum absolute atomic E-state index is 0. The number of carboxylic acid groups (broad SMARTS) is 1. The van der Waals surface area contributed by atoms with Gasteiger partial charge in [-0.05, 0) is 78.8 Å². The van der Waals surface area contributed by atoms with E-state index in [1.807, 2.05) is 68.6 Å². The molecule has 3 aromatic rings. The van der Waals surface area contributed by atoms with E-state index in [0.717, 1.165) is 22.5 Å². The second-order valence-corrected chi connectivity index (χ2v) is 8.82. The van der Waals surface area contributed by atoms with E-state index >= 15 is 0 Å². The molecule has 1 aromatic heterocycles. The Morgan fingerprint density at radius 1 is 1.09 bits per heavy atom. The van der Waals surface area contributed by atoms with Crippen LogP contribution in [0.3, 0.4) is 0 Å². The molecular weight excluding hydrogens is 445 g/mol. The van der Waals surface area contributed by atoms with Gasteiger partial charge >= 0.3 is 24.8 Å². The summed E-state index contributed by atoms with van der Waals surface area (Å²) in [6.45, 7) is 3.85. The molecule has 0 fully saturated rings. The van der Waals surface area contributed by atoms with Crippen molar-refractivity contribution in [1.82, 2.24) is 5.32 Å². The number of carbonyl (C=O) groups is 2. The number of hydrogen-bond donors (Lipinski definition) is 2. The first-order valence-corrected chi connectivity index (χ1v) is 12.1. The smallest absolute Gasteiger partial charge is 0.480 e. The zero-order valence-electron chi connectivity index (χ0n) is 20.3. The number of furan rings is 1. The zero-order chi connectivity index (χ0) is 24.0. The van der Waals surface area contributed by atoms with Crippen molar-refractivity contribution in [3.05, 3.63) is 82.8 Å². The Bertz CT molecular complexity index is 1130. The number of aryl methyl sites for hydroxylation is 2. The number of amides is 1. The number of ether oxygens (including phenoxy) is 1. The first-order valence-electron chi connectivity index (χ1n) is 10.7. The first kappa shape index (κ1) is 27.8. The standard InChI is InChI=1S/C26H29NO5S.Li/c1-16-7-5-6-8-19(16)21-15-18(24(31-3)23-12-9-17(2)32-23)10-11-20(21)25(28)27-22(26(29)30)13-14-33-4;/h5-12,15,22,24H,13-14H2,1-4H3,(H,27,28)(H,29,30);/q;+1. The molecule has 0 aliphatic heterocycles. The summed E-state index contributed by atoms with van der Waals surface area (Å²) >= 11 is 1.54. The van der Waals surface area contributed by atoms with E-state index in [0.29, 0.717) is 29.1 Å². The van der Waals surface area contributed by atoms with Crippen LogP contribution in [0.15, 0.2) is 59.0 Å². The van der Waals surface area contributed by atoms with Crippen LogP contribution in [0.5, 0.6) is 0 Å². The normalized spacial score (nSPS) is 12.5. The van der Waals surface area contributed by atoms with Crippen LogP contribution in [0, 0.1) is 13.8 Å². The zero-order valence-corrected chi connectivity index (χ0v) is 21.1. The van der Waals surface area contributed by atoms with E-state index in [2.05, 4.69) is 5.32 Å². The molecule has 1 amide bonds. The number of carboxylic acids is 1. The fourth-order valence-corrected chi connectivity index (χ4v) is 4.23. The fourth-order valence-electron chi connectivity index (χ4n) is 3.76. The Balaban J connectivity index is 0.00000408. The Kier molecular flexibility index (Phi) is 10.5. The minimum Gasteiger partial charge on any atom is -0.480 e. The van der Waals surface area contributed by atoms with Crippen LogP contribution in [0.4, 0.5) is 0 Å². The molecule has 0 aliphatic rings. The summed E-state index contributed by atoms with van der Waals surface area (Å²) in [7, 11) is 1.61. The van der Waals surface area contributed by atoms with Gasteiger partial charge in [0.25, 0.3) is 5.91 Å². The maximum absolute atomic E-state index is 13.2.